The first-order chi connectivity index (χ1) is 17.8. The predicted molar refractivity (Wildman–Crippen MR) is 147 cm³/mol. The summed E-state index contributed by atoms with van der Waals surface area (Å²) in [5.41, 5.74) is 1.68. The van der Waals surface area contributed by atoms with Gasteiger partial charge in [-0.3, -0.25) is 9.59 Å². The Kier molecular flexibility index (Phi) is 10.7. The first kappa shape index (κ1) is 28.4. The molecule has 2 amide bonds. The minimum Gasteiger partial charge on any atom is -0.493 e. The van der Waals surface area contributed by atoms with Crippen LogP contribution in [0.4, 0.5) is 0 Å². The zero-order valence-corrected chi connectivity index (χ0v) is 22.8. The molecule has 0 aliphatic heterocycles. The first-order valence-electron chi connectivity index (χ1n) is 12.1. The molecule has 0 radical (unpaired) electrons. The number of nitrogens with one attached hydrogen (secondary N) is 1. The Labute approximate surface area is 228 Å². The summed E-state index contributed by atoms with van der Waals surface area (Å²) in [5, 5.41) is 3.79. The van der Waals surface area contributed by atoms with Gasteiger partial charge in [0.1, 0.15) is 6.04 Å². The number of carbonyl (C=O) groups is 2. The molecule has 0 spiro atoms. The van der Waals surface area contributed by atoms with Gasteiger partial charge in [-0.2, -0.15) is 0 Å². The third kappa shape index (κ3) is 8.41. The van der Waals surface area contributed by atoms with E-state index in [9.17, 15) is 9.59 Å². The van der Waals surface area contributed by atoms with Crippen molar-refractivity contribution < 1.29 is 19.1 Å². The first-order valence-corrected chi connectivity index (χ1v) is 12.8. The Balaban J connectivity index is 1.93. The van der Waals surface area contributed by atoms with E-state index in [2.05, 4.69) is 5.32 Å². The maximum atomic E-state index is 13.7. The number of carbonyl (C=O) groups excluding carboxylic acids is 2. The molecular formula is C29H32Cl2N2O4. The van der Waals surface area contributed by atoms with Gasteiger partial charge < -0.3 is 19.7 Å². The third-order valence-electron chi connectivity index (χ3n) is 5.71. The summed E-state index contributed by atoms with van der Waals surface area (Å²) >= 11 is 12.4. The number of halogens is 2. The number of ether oxygens (including phenoxy) is 2. The van der Waals surface area contributed by atoms with E-state index in [-0.39, 0.29) is 30.9 Å². The summed E-state index contributed by atoms with van der Waals surface area (Å²) in [6.45, 7) is 4.41. The quantitative estimate of drug-likeness (QED) is 0.314. The number of amides is 2. The molecule has 3 aromatic carbocycles. The van der Waals surface area contributed by atoms with Crippen molar-refractivity contribution in [2.75, 3.05) is 20.3 Å². The van der Waals surface area contributed by atoms with Crippen LogP contribution in [0.15, 0.2) is 72.8 Å². The average Bonchev–Trinajstić information content (AvgIpc) is 2.90. The van der Waals surface area contributed by atoms with Crippen molar-refractivity contribution in [3.05, 3.63) is 94.0 Å². The lowest BCUT2D eigenvalue weighted by Crippen LogP contribution is -2.52. The molecule has 8 heteroatoms. The van der Waals surface area contributed by atoms with E-state index in [0.29, 0.717) is 34.5 Å². The second-order valence-corrected chi connectivity index (χ2v) is 9.87. The molecule has 0 aliphatic carbocycles. The zero-order valence-electron chi connectivity index (χ0n) is 21.2. The van der Waals surface area contributed by atoms with Crippen LogP contribution in [0.3, 0.4) is 0 Å². The molecule has 0 saturated heterocycles. The fourth-order valence-corrected chi connectivity index (χ4v) is 4.09. The Morgan fingerprint density at radius 2 is 1.57 bits per heavy atom. The topological polar surface area (TPSA) is 67.9 Å². The van der Waals surface area contributed by atoms with Crippen LogP contribution >= 0.6 is 23.2 Å². The van der Waals surface area contributed by atoms with E-state index in [0.717, 1.165) is 11.1 Å². The van der Waals surface area contributed by atoms with Crippen LogP contribution in [0.5, 0.6) is 11.5 Å². The molecule has 196 valence electrons. The van der Waals surface area contributed by atoms with Crippen molar-refractivity contribution in [2.24, 2.45) is 5.92 Å². The van der Waals surface area contributed by atoms with Crippen molar-refractivity contribution in [3.63, 3.8) is 0 Å². The molecule has 0 saturated carbocycles. The van der Waals surface area contributed by atoms with Crippen LogP contribution in [0.25, 0.3) is 0 Å². The van der Waals surface area contributed by atoms with E-state index in [1.165, 1.54) is 12.0 Å². The summed E-state index contributed by atoms with van der Waals surface area (Å²) < 4.78 is 11.2. The molecule has 3 aromatic rings. The van der Waals surface area contributed by atoms with Gasteiger partial charge in [0.25, 0.3) is 5.91 Å². The van der Waals surface area contributed by atoms with E-state index in [1.54, 1.807) is 36.4 Å². The summed E-state index contributed by atoms with van der Waals surface area (Å²) in [6, 6.07) is 21.1. The number of rotatable bonds is 12. The molecule has 0 aliphatic rings. The number of benzene rings is 3. The van der Waals surface area contributed by atoms with Crippen LogP contribution in [0.2, 0.25) is 10.0 Å². The van der Waals surface area contributed by atoms with Crippen LogP contribution in [-0.2, 0) is 22.6 Å². The van der Waals surface area contributed by atoms with Crippen LogP contribution < -0.4 is 14.8 Å². The fraction of sp³-hybridized carbons (Fsp3) is 0.310. The molecule has 37 heavy (non-hydrogen) atoms. The second-order valence-electron chi connectivity index (χ2n) is 9.05. The summed E-state index contributed by atoms with van der Waals surface area (Å²) in [7, 11) is 1.54. The molecule has 6 nitrogen and oxygen atoms in total. The minimum absolute atomic E-state index is 0.150. The van der Waals surface area contributed by atoms with Gasteiger partial charge in [0, 0.05) is 19.5 Å². The summed E-state index contributed by atoms with van der Waals surface area (Å²) in [5.74, 6) is 0.633. The fourth-order valence-electron chi connectivity index (χ4n) is 3.77. The zero-order chi connectivity index (χ0) is 26.8. The number of hydrogen-bond donors (Lipinski definition) is 1. The van der Waals surface area contributed by atoms with Gasteiger partial charge in [-0.1, -0.05) is 85.6 Å². The number of para-hydroxylation sites is 2. The van der Waals surface area contributed by atoms with E-state index in [4.69, 9.17) is 32.7 Å². The normalized spacial score (nSPS) is 11.6. The van der Waals surface area contributed by atoms with Crippen molar-refractivity contribution >= 4 is 35.0 Å². The Morgan fingerprint density at radius 3 is 2.22 bits per heavy atom. The second kappa shape index (κ2) is 13.9. The van der Waals surface area contributed by atoms with Crippen molar-refractivity contribution in [1.82, 2.24) is 10.2 Å². The summed E-state index contributed by atoms with van der Waals surface area (Å²) in [4.78, 5) is 28.7. The van der Waals surface area contributed by atoms with E-state index >= 15 is 0 Å². The summed E-state index contributed by atoms with van der Waals surface area (Å²) in [6.07, 6.45) is 0.340. The Hall–Kier alpha value is -3.22. The molecule has 0 fully saturated rings. The highest BCUT2D eigenvalue weighted by Gasteiger charge is 2.31. The molecule has 0 heterocycles. The van der Waals surface area contributed by atoms with E-state index in [1.807, 2.05) is 50.2 Å². The maximum Gasteiger partial charge on any atom is 0.261 e. The van der Waals surface area contributed by atoms with Crippen LogP contribution in [0, 0.1) is 5.92 Å². The standard InChI is InChI=1S/C29H32Cl2N2O4/c1-20(2)17-32-29(35)25(16-21-9-5-4-6-10-21)33(18-22-13-14-23(30)24(31)15-22)28(34)19-37-27-12-8-7-11-26(27)36-3/h4-15,20,25H,16-19H2,1-3H3,(H,32,35)/t25-/m1/s1. The van der Waals surface area contributed by atoms with Gasteiger partial charge in [0.05, 0.1) is 17.2 Å². The van der Waals surface area contributed by atoms with Gasteiger partial charge in [0.2, 0.25) is 5.91 Å². The van der Waals surface area contributed by atoms with Crippen LogP contribution in [0.1, 0.15) is 25.0 Å². The van der Waals surface area contributed by atoms with Crippen molar-refractivity contribution in [2.45, 2.75) is 32.9 Å². The molecule has 1 N–H and O–H groups in total. The van der Waals surface area contributed by atoms with Gasteiger partial charge in [-0.05, 0) is 41.3 Å². The van der Waals surface area contributed by atoms with Crippen molar-refractivity contribution in [1.29, 1.82) is 0 Å². The lowest BCUT2D eigenvalue weighted by Gasteiger charge is -2.32. The highest BCUT2D eigenvalue weighted by atomic mass is 35.5. The highest BCUT2D eigenvalue weighted by molar-refractivity contribution is 6.42. The average molecular weight is 543 g/mol. The largest absolute Gasteiger partial charge is 0.493 e. The number of nitrogens with zero attached hydrogens (tertiary/aromatic N) is 1. The molecule has 0 aromatic heterocycles. The number of hydrogen-bond acceptors (Lipinski definition) is 4. The maximum absolute atomic E-state index is 13.7. The van der Waals surface area contributed by atoms with Crippen LogP contribution in [-0.4, -0.2) is 43.0 Å². The van der Waals surface area contributed by atoms with E-state index < -0.39 is 6.04 Å². The molecule has 0 bridgehead atoms. The molecule has 1 atom stereocenters. The van der Waals surface area contributed by atoms with Gasteiger partial charge in [-0.15, -0.1) is 0 Å². The minimum atomic E-state index is -0.774. The molecule has 0 unspecified atom stereocenters. The van der Waals surface area contributed by atoms with Gasteiger partial charge >= 0.3 is 0 Å². The SMILES string of the molecule is COc1ccccc1OCC(=O)N(Cc1ccc(Cl)c(Cl)c1)[C@H](Cc1ccccc1)C(=O)NCC(C)C. The van der Waals surface area contributed by atoms with Gasteiger partial charge in [-0.25, -0.2) is 0 Å². The Morgan fingerprint density at radius 1 is 0.892 bits per heavy atom. The van der Waals surface area contributed by atoms with Crippen molar-refractivity contribution in [3.8, 4) is 11.5 Å². The highest BCUT2D eigenvalue weighted by Crippen LogP contribution is 2.27. The third-order valence-corrected chi connectivity index (χ3v) is 6.45. The molecule has 3 rings (SSSR count). The predicted octanol–water partition coefficient (Wildman–Crippen LogP) is 5.79. The van der Waals surface area contributed by atoms with Gasteiger partial charge in [0.15, 0.2) is 18.1 Å². The smallest absolute Gasteiger partial charge is 0.261 e. The molecular weight excluding hydrogens is 511 g/mol. The monoisotopic (exact) mass is 542 g/mol. The lowest BCUT2D eigenvalue weighted by molar-refractivity contribution is -0.142. The number of methoxy groups -OCH3 is 1. The lowest BCUT2D eigenvalue weighted by atomic mass is 10.0. The Bertz CT molecular complexity index is 1190.